The van der Waals surface area contributed by atoms with E-state index in [1.54, 1.807) is 10.4 Å². The molecule has 2 heteroatoms. The molecule has 0 atom stereocenters. The zero-order valence-corrected chi connectivity index (χ0v) is 45.1. The van der Waals surface area contributed by atoms with Crippen LogP contribution in [0.25, 0.3) is 142 Å². The molecule has 0 spiro atoms. The van der Waals surface area contributed by atoms with Crippen molar-refractivity contribution in [2.45, 2.75) is 26.2 Å². The Balaban J connectivity index is 0.856. The molecule has 0 aromatic heterocycles. The molecule has 0 saturated heterocycles. The van der Waals surface area contributed by atoms with Gasteiger partial charge in [0.15, 0.2) is 0 Å². The lowest BCUT2D eigenvalue weighted by molar-refractivity contribution is 1.59. The van der Waals surface area contributed by atoms with E-state index in [1.807, 2.05) is 0 Å². The van der Waals surface area contributed by atoms with E-state index in [4.69, 9.17) is 0 Å². The molecule has 0 amide bonds. The maximum absolute atomic E-state index is 2.60. The fraction of sp³-hybridized carbons (Fsp3) is 0.0541. The van der Waals surface area contributed by atoms with Gasteiger partial charge < -0.3 is 0 Å². The van der Waals surface area contributed by atoms with Gasteiger partial charge in [-0.05, 0) is 175 Å². The molecule has 14 aromatic rings. The van der Waals surface area contributed by atoms with Gasteiger partial charge in [-0.1, -0.05) is 257 Å². The lowest BCUT2D eigenvalue weighted by Crippen LogP contribution is -2.59. The van der Waals surface area contributed by atoms with Crippen molar-refractivity contribution in [1.29, 1.82) is 0 Å². The van der Waals surface area contributed by atoms with Crippen molar-refractivity contribution in [3.63, 3.8) is 0 Å². The zero-order valence-electron chi connectivity index (χ0n) is 43.1. The Hall–Kier alpha value is -8.67. The first-order chi connectivity index (χ1) is 37.2. The smallest absolute Gasteiger partial charge is 0.0620 e. The van der Waals surface area contributed by atoms with Crippen molar-refractivity contribution < 1.29 is 0 Å². The number of hydrogen-bond donors (Lipinski definition) is 0. The monoisotopic (exact) mass is 996 g/mol. The van der Waals surface area contributed by atoms with Crippen LogP contribution in [-0.4, -0.2) is 16.1 Å². The van der Waals surface area contributed by atoms with Gasteiger partial charge >= 0.3 is 0 Å². The Bertz CT molecular complexity index is 4460. The van der Waals surface area contributed by atoms with Crippen molar-refractivity contribution in [2.75, 3.05) is 0 Å². The van der Waals surface area contributed by atoms with Gasteiger partial charge in [0.1, 0.15) is 16.1 Å². The molecule has 0 fully saturated rings. The van der Waals surface area contributed by atoms with E-state index in [0.717, 1.165) is 0 Å². The lowest BCUT2D eigenvalue weighted by Gasteiger charge is -2.39. The van der Waals surface area contributed by atoms with Crippen LogP contribution in [0.5, 0.6) is 0 Å². The van der Waals surface area contributed by atoms with E-state index in [1.165, 1.54) is 153 Å². The molecule has 356 valence electrons. The van der Waals surface area contributed by atoms with Gasteiger partial charge in [-0.25, -0.2) is 0 Å². The molecule has 2 aliphatic rings. The van der Waals surface area contributed by atoms with Crippen molar-refractivity contribution in [2.24, 2.45) is 0 Å². The SMILES string of the molecule is C[Si]1(C)c2cc(-c3c4ccccc4c(-c4ccc5ccccc5c4)c4ccccc34)ccc2-c2ccc3c4c(ccc1c24)[Si](C)(C)c1cc(-c2c4ccccc4c(-c4ccc5ccccc5c4)c4ccccc24)ccc1-3. The number of benzene rings is 14. The maximum atomic E-state index is 2.60. The third-order valence-corrected chi connectivity index (χ3v) is 25.0. The van der Waals surface area contributed by atoms with Gasteiger partial charge in [-0.2, -0.15) is 0 Å². The zero-order chi connectivity index (χ0) is 50.6. The minimum absolute atomic E-state index is 1.26. The van der Waals surface area contributed by atoms with Crippen molar-refractivity contribution in [1.82, 2.24) is 0 Å². The molecule has 0 N–H and O–H groups in total. The molecule has 76 heavy (non-hydrogen) atoms. The average molecular weight is 997 g/mol. The molecule has 0 saturated carbocycles. The second-order valence-electron chi connectivity index (χ2n) is 22.6. The Morgan fingerprint density at radius 1 is 0.211 bits per heavy atom. The summed E-state index contributed by atoms with van der Waals surface area (Å²) in [5.74, 6) is 0. The van der Waals surface area contributed by atoms with E-state index in [-0.39, 0.29) is 0 Å². The third-order valence-electron chi connectivity index (χ3n) is 18.0. The third kappa shape index (κ3) is 6.05. The fourth-order valence-corrected chi connectivity index (χ4v) is 20.5. The van der Waals surface area contributed by atoms with Crippen LogP contribution in [0.4, 0.5) is 0 Å². The molecule has 2 aliphatic heterocycles. The molecule has 0 nitrogen and oxygen atoms in total. The van der Waals surface area contributed by atoms with Crippen LogP contribution < -0.4 is 20.7 Å². The van der Waals surface area contributed by atoms with Crippen LogP contribution >= 0.6 is 0 Å². The second kappa shape index (κ2) is 15.9. The normalized spacial score (nSPS) is 14.0. The summed E-state index contributed by atoms with van der Waals surface area (Å²) in [5.41, 5.74) is 16.0. The molecule has 0 bridgehead atoms. The minimum atomic E-state index is -2.26. The fourth-order valence-electron chi connectivity index (χ4n) is 14.4. The van der Waals surface area contributed by atoms with Crippen molar-refractivity contribution in [3.8, 4) is 66.8 Å². The first-order valence-corrected chi connectivity index (χ1v) is 33.0. The van der Waals surface area contributed by atoms with Crippen LogP contribution in [0, 0.1) is 0 Å². The van der Waals surface area contributed by atoms with Gasteiger partial charge in [-0.3, -0.25) is 0 Å². The molecule has 14 aromatic carbocycles. The van der Waals surface area contributed by atoms with Gasteiger partial charge in [0.2, 0.25) is 0 Å². The second-order valence-corrected chi connectivity index (χ2v) is 31.3. The molecule has 0 aliphatic carbocycles. The van der Waals surface area contributed by atoms with Crippen molar-refractivity contribution >= 4 is 112 Å². The summed E-state index contributed by atoms with van der Waals surface area (Å²) >= 11 is 0. The van der Waals surface area contributed by atoms with E-state index >= 15 is 0 Å². The predicted octanol–water partition coefficient (Wildman–Crippen LogP) is 18.0. The topological polar surface area (TPSA) is 0 Å². The summed E-state index contributed by atoms with van der Waals surface area (Å²) in [7, 11) is -4.51. The molecule has 0 radical (unpaired) electrons. The molecule has 2 heterocycles. The Morgan fingerprint density at radius 2 is 0.474 bits per heavy atom. The van der Waals surface area contributed by atoms with Gasteiger partial charge in [0.05, 0.1) is 0 Å². The van der Waals surface area contributed by atoms with Gasteiger partial charge in [-0.15, -0.1) is 0 Å². The number of rotatable bonds is 4. The van der Waals surface area contributed by atoms with E-state index in [9.17, 15) is 0 Å². The highest BCUT2D eigenvalue weighted by atomic mass is 28.3. The van der Waals surface area contributed by atoms with E-state index in [0.29, 0.717) is 0 Å². The summed E-state index contributed by atoms with van der Waals surface area (Å²) in [4.78, 5) is 0. The molecule has 0 unspecified atom stereocenters. The van der Waals surface area contributed by atoms with Crippen LogP contribution in [0.15, 0.2) is 243 Å². The molecule has 16 rings (SSSR count). The Morgan fingerprint density at radius 3 is 0.803 bits per heavy atom. The Labute approximate surface area is 445 Å². The first-order valence-electron chi connectivity index (χ1n) is 27.0. The summed E-state index contributed by atoms with van der Waals surface area (Å²) in [6.07, 6.45) is 0. The highest BCUT2D eigenvalue weighted by Crippen LogP contribution is 2.48. The summed E-state index contributed by atoms with van der Waals surface area (Å²) in [6, 6.07) is 92.9. The first kappa shape index (κ1) is 43.7. The number of hydrogen-bond acceptors (Lipinski definition) is 0. The summed E-state index contributed by atoms with van der Waals surface area (Å²) in [5, 5.41) is 24.6. The average Bonchev–Trinajstić information content (AvgIpc) is 3.49. The van der Waals surface area contributed by atoms with Crippen LogP contribution in [-0.2, 0) is 0 Å². The van der Waals surface area contributed by atoms with Crippen LogP contribution in [0.1, 0.15) is 0 Å². The standard InChI is InChI=1S/C74H52Si2/c1-75(2)65-39-40-66-74-64(54-36-34-52(44-68(54)76(66,3)4)72-61-27-15-11-23-57(61)70(58-24-12-16-28-62(58)72)50-32-30-46-18-6-8-20-48(46)42-50)38-37-63(73(65)74)53-35-33-51(43-67(53)75)71-59-25-13-9-21-55(59)69(56-22-10-14-26-60(56)71)49-31-29-45-17-5-7-19-47(45)41-49/h5-44H,1-4H3. The highest BCUT2D eigenvalue weighted by molar-refractivity contribution is 7.06. The minimum Gasteiger partial charge on any atom is -0.0620 e. The van der Waals surface area contributed by atoms with Crippen molar-refractivity contribution in [3.05, 3.63) is 243 Å². The van der Waals surface area contributed by atoms with E-state index < -0.39 is 16.1 Å². The largest absolute Gasteiger partial charge is 0.113 e. The van der Waals surface area contributed by atoms with Crippen LogP contribution in [0.3, 0.4) is 0 Å². The summed E-state index contributed by atoms with van der Waals surface area (Å²) in [6.45, 7) is 10.4. The molecular formula is C74H52Si2. The van der Waals surface area contributed by atoms with E-state index in [2.05, 4.69) is 269 Å². The van der Waals surface area contributed by atoms with Gasteiger partial charge in [0.25, 0.3) is 0 Å². The Kier molecular flexibility index (Phi) is 9.16. The van der Waals surface area contributed by atoms with Crippen LogP contribution in [0.2, 0.25) is 26.2 Å². The lowest BCUT2D eigenvalue weighted by atomic mass is 9.84. The quantitative estimate of drug-likeness (QED) is 0.122. The summed E-state index contributed by atoms with van der Waals surface area (Å²) < 4.78 is 0. The molecular weight excluding hydrogens is 945 g/mol. The number of fused-ring (bicyclic) bond motifs is 10. The van der Waals surface area contributed by atoms with Gasteiger partial charge in [0, 0.05) is 0 Å². The predicted molar refractivity (Wildman–Crippen MR) is 335 cm³/mol. The maximum Gasteiger partial charge on any atom is 0.113 e. The highest BCUT2D eigenvalue weighted by Gasteiger charge is 2.42.